The van der Waals surface area contributed by atoms with Gasteiger partial charge in [0.25, 0.3) is 0 Å². The second-order valence-electron chi connectivity index (χ2n) is 13.8. The Labute approximate surface area is 339 Å². The average Bonchev–Trinajstić information content (AvgIpc) is 3.12. The van der Waals surface area contributed by atoms with Crippen LogP contribution in [0.5, 0.6) is 0 Å². The molecule has 26 nitrogen and oxygen atoms in total. The molecule has 21 N–H and O–H groups in total. The molecule has 7 atom stereocenters. The van der Waals surface area contributed by atoms with Gasteiger partial charge in [-0.1, -0.05) is 13.8 Å². The Hall–Kier alpha value is -6.31. The molecule has 0 heterocycles. The van der Waals surface area contributed by atoms with Crippen LogP contribution in [0.25, 0.3) is 0 Å². The number of carboxylic acid groups (broad SMARTS) is 2. The number of rotatable bonds is 29. The number of hydrogen-bond acceptors (Lipinski definition) is 13. The standard InChI is InChI=1S/C33H60N14O12/c1-15(2)12-20(26(54)42-14-24(52)53)46-30(58)21(13-23(50)51)47-28(56)18(7-5-11-41-33(38)39)43-27(55)17(6-4-10-40-32(36)37)44-29(57)19(8-9-22(34)49)45-31(59)25(35)16(3)48/h15-21,25,48H,4-14,35H2,1-3H3,(H2,34,49)(H,42,54)(H,43,55)(H,44,57)(H,45,59)(H,46,58)(H,47,56)(H,50,51)(H,52,53)(H4,36,37,40)(H4,38,39,41)/t16-,17+,18+,19+,20+,21+,25+/m1/s1. The van der Waals surface area contributed by atoms with Crippen molar-refractivity contribution in [3.8, 4) is 0 Å². The number of nitrogens with two attached hydrogens (primary N) is 6. The summed E-state index contributed by atoms with van der Waals surface area (Å²) in [5, 5.41) is 42.2. The van der Waals surface area contributed by atoms with E-state index in [0.29, 0.717) is 0 Å². The van der Waals surface area contributed by atoms with E-state index in [1.807, 2.05) is 0 Å². The highest BCUT2D eigenvalue weighted by Crippen LogP contribution is 2.09. The predicted molar refractivity (Wildman–Crippen MR) is 210 cm³/mol. The van der Waals surface area contributed by atoms with Crippen molar-refractivity contribution in [1.29, 1.82) is 0 Å². The van der Waals surface area contributed by atoms with Crippen molar-refractivity contribution in [3.63, 3.8) is 0 Å². The molecule has 0 aliphatic carbocycles. The number of hydrogen-bond donors (Lipinski definition) is 15. The maximum Gasteiger partial charge on any atom is 0.322 e. The number of aliphatic hydroxyl groups excluding tert-OH is 1. The van der Waals surface area contributed by atoms with Gasteiger partial charge in [-0.3, -0.25) is 53.1 Å². The summed E-state index contributed by atoms with van der Waals surface area (Å²) in [6, 6.07) is -9.14. The number of nitrogens with zero attached hydrogens (tertiary/aromatic N) is 2. The van der Waals surface area contributed by atoms with Crippen molar-refractivity contribution >= 4 is 65.2 Å². The largest absolute Gasteiger partial charge is 0.481 e. The first-order valence-electron chi connectivity index (χ1n) is 18.5. The van der Waals surface area contributed by atoms with Crippen molar-refractivity contribution in [2.24, 2.45) is 50.3 Å². The second-order valence-corrected chi connectivity index (χ2v) is 13.8. The molecule has 0 saturated carbocycles. The highest BCUT2D eigenvalue weighted by atomic mass is 16.4. The van der Waals surface area contributed by atoms with Crippen molar-refractivity contribution < 1.29 is 58.5 Å². The molecular formula is C33H60N14O12. The van der Waals surface area contributed by atoms with E-state index in [1.54, 1.807) is 13.8 Å². The Bertz CT molecular complexity index is 1530. The lowest BCUT2D eigenvalue weighted by Gasteiger charge is -2.27. The van der Waals surface area contributed by atoms with E-state index in [4.69, 9.17) is 39.5 Å². The number of carbonyl (C=O) groups is 9. The lowest BCUT2D eigenvalue weighted by Crippen LogP contribution is -2.60. The van der Waals surface area contributed by atoms with E-state index in [2.05, 4.69) is 41.9 Å². The van der Waals surface area contributed by atoms with Crippen LogP contribution in [-0.2, 0) is 43.2 Å². The summed E-state index contributed by atoms with van der Waals surface area (Å²) in [7, 11) is 0. The number of primary amides is 1. The maximum atomic E-state index is 13.9. The second kappa shape index (κ2) is 27.3. The van der Waals surface area contributed by atoms with Crippen LogP contribution < -0.4 is 66.3 Å². The van der Waals surface area contributed by atoms with Crippen LogP contribution in [0.2, 0.25) is 0 Å². The lowest BCUT2D eigenvalue weighted by molar-refractivity contribution is -0.142. The predicted octanol–water partition coefficient (Wildman–Crippen LogP) is -6.79. The van der Waals surface area contributed by atoms with Gasteiger partial charge in [-0.15, -0.1) is 0 Å². The minimum absolute atomic E-state index is 0.00508. The van der Waals surface area contributed by atoms with E-state index < -0.39 is 115 Å². The summed E-state index contributed by atoms with van der Waals surface area (Å²) in [5.41, 5.74) is 32.5. The normalized spacial score (nSPS) is 14.3. The maximum absolute atomic E-state index is 13.9. The number of carboxylic acids is 2. The minimum Gasteiger partial charge on any atom is -0.481 e. The van der Waals surface area contributed by atoms with Crippen LogP contribution in [0.4, 0.5) is 0 Å². The van der Waals surface area contributed by atoms with Crippen molar-refractivity contribution in [2.75, 3.05) is 19.6 Å². The first-order chi connectivity index (χ1) is 27.4. The molecule has 0 aliphatic rings. The molecule has 0 aromatic carbocycles. The van der Waals surface area contributed by atoms with E-state index in [-0.39, 0.29) is 69.5 Å². The van der Waals surface area contributed by atoms with Gasteiger partial charge in [-0.25, -0.2) is 0 Å². The highest BCUT2D eigenvalue weighted by Gasteiger charge is 2.34. The smallest absolute Gasteiger partial charge is 0.322 e. The van der Waals surface area contributed by atoms with Crippen LogP contribution in [0.1, 0.15) is 72.1 Å². The first-order valence-corrected chi connectivity index (χ1v) is 18.5. The van der Waals surface area contributed by atoms with Gasteiger partial charge in [0.1, 0.15) is 42.8 Å². The van der Waals surface area contributed by atoms with Gasteiger partial charge >= 0.3 is 11.9 Å². The molecule has 0 aliphatic heterocycles. The Morgan fingerprint density at radius 1 is 0.559 bits per heavy atom. The van der Waals surface area contributed by atoms with E-state index in [1.165, 1.54) is 6.92 Å². The van der Waals surface area contributed by atoms with Crippen molar-refractivity contribution in [2.45, 2.75) is 114 Å². The van der Waals surface area contributed by atoms with Crippen LogP contribution in [0.15, 0.2) is 9.98 Å². The van der Waals surface area contributed by atoms with Crippen LogP contribution in [0, 0.1) is 5.92 Å². The Morgan fingerprint density at radius 3 is 1.36 bits per heavy atom. The number of aliphatic imine (C=N–C) groups is 2. The third-order valence-electron chi connectivity index (χ3n) is 8.06. The Morgan fingerprint density at radius 2 is 0.966 bits per heavy atom. The van der Waals surface area contributed by atoms with Crippen molar-refractivity contribution in [1.82, 2.24) is 31.9 Å². The third-order valence-corrected chi connectivity index (χ3v) is 8.06. The molecule has 0 aromatic heterocycles. The zero-order chi connectivity index (χ0) is 45.4. The van der Waals surface area contributed by atoms with Gasteiger partial charge in [-0.05, 0) is 51.4 Å². The monoisotopic (exact) mass is 844 g/mol. The quantitative estimate of drug-likeness (QED) is 0.0189. The summed E-state index contributed by atoms with van der Waals surface area (Å²) in [6.45, 7) is 3.81. The third kappa shape index (κ3) is 23.5. The van der Waals surface area contributed by atoms with Gasteiger partial charge in [0.15, 0.2) is 11.9 Å². The average molecular weight is 845 g/mol. The molecule has 334 valence electrons. The fourth-order valence-corrected chi connectivity index (χ4v) is 5.05. The molecule has 26 heteroatoms. The molecule has 0 spiro atoms. The highest BCUT2D eigenvalue weighted by molar-refractivity contribution is 5.98. The fraction of sp³-hybridized carbons (Fsp3) is 0.667. The number of carbonyl (C=O) groups excluding carboxylic acids is 7. The van der Waals surface area contributed by atoms with E-state index >= 15 is 0 Å². The Kier molecular flexibility index (Phi) is 24.4. The summed E-state index contributed by atoms with van der Waals surface area (Å²) >= 11 is 0. The fourth-order valence-electron chi connectivity index (χ4n) is 5.05. The summed E-state index contributed by atoms with van der Waals surface area (Å²) in [5.74, 6) is -10.5. The molecule has 0 fully saturated rings. The SMILES string of the molecule is CC(C)C[C@H](NC(=O)[C@H](CC(=O)O)NC(=O)[C@H](CCCN=C(N)N)NC(=O)[C@H](CCCN=C(N)N)NC(=O)[C@H](CCC(N)=O)NC(=O)[C@@H](N)[C@@H](C)O)C(=O)NCC(=O)O. The molecule has 0 saturated heterocycles. The number of aliphatic hydroxyl groups is 1. The molecule has 0 aromatic rings. The molecule has 7 amide bonds. The summed E-state index contributed by atoms with van der Waals surface area (Å²) in [4.78, 5) is 122. The minimum atomic E-state index is -1.82. The van der Waals surface area contributed by atoms with Gasteiger partial charge in [0, 0.05) is 19.5 Å². The zero-order valence-corrected chi connectivity index (χ0v) is 33.3. The number of nitrogens with one attached hydrogen (secondary N) is 6. The number of aliphatic carboxylic acids is 2. The first kappa shape index (κ1) is 52.7. The molecule has 0 bridgehead atoms. The van der Waals surface area contributed by atoms with Gasteiger partial charge in [0.2, 0.25) is 41.4 Å². The zero-order valence-electron chi connectivity index (χ0n) is 33.3. The van der Waals surface area contributed by atoms with E-state index in [0.717, 1.165) is 0 Å². The van der Waals surface area contributed by atoms with Crippen LogP contribution in [-0.4, -0.2) is 143 Å². The molecule has 0 rings (SSSR count). The van der Waals surface area contributed by atoms with Gasteiger partial charge in [-0.2, -0.15) is 0 Å². The van der Waals surface area contributed by atoms with Gasteiger partial charge < -0.3 is 81.6 Å². The van der Waals surface area contributed by atoms with Crippen LogP contribution in [0.3, 0.4) is 0 Å². The van der Waals surface area contributed by atoms with Gasteiger partial charge in [0.05, 0.1) is 12.5 Å². The summed E-state index contributed by atoms with van der Waals surface area (Å²) in [6.07, 6.45) is -3.33. The molecular weight excluding hydrogens is 784 g/mol. The number of guanidine groups is 2. The molecule has 0 unspecified atom stereocenters. The Balaban J connectivity index is 6.68. The van der Waals surface area contributed by atoms with E-state index in [9.17, 15) is 53.4 Å². The topological polar surface area (TPSA) is 467 Å². The molecule has 0 radical (unpaired) electrons. The van der Waals surface area contributed by atoms with Crippen molar-refractivity contribution in [3.05, 3.63) is 0 Å². The summed E-state index contributed by atoms with van der Waals surface area (Å²) < 4.78 is 0. The van der Waals surface area contributed by atoms with Crippen LogP contribution >= 0.6 is 0 Å². The molecule has 59 heavy (non-hydrogen) atoms. The lowest BCUT2D eigenvalue weighted by atomic mass is 10.0. The number of amides is 7.